The molecule has 0 saturated carbocycles. The van der Waals surface area contributed by atoms with E-state index in [0.29, 0.717) is 32.6 Å². The summed E-state index contributed by atoms with van der Waals surface area (Å²) in [6.45, 7) is 2.00. The molecule has 5 aromatic rings. The topological polar surface area (TPSA) is 60.4 Å². The molecule has 0 atom stereocenters. The van der Waals surface area contributed by atoms with Crippen molar-refractivity contribution in [2.24, 2.45) is 0 Å². The van der Waals surface area contributed by atoms with Crippen LogP contribution in [0.4, 0.5) is 0 Å². The van der Waals surface area contributed by atoms with Crippen molar-refractivity contribution in [2.45, 2.75) is 6.92 Å². The smallest absolute Gasteiger partial charge is 0.345 e. The van der Waals surface area contributed by atoms with Gasteiger partial charge in [-0.3, -0.25) is 0 Å². The third-order valence-corrected chi connectivity index (χ3v) is 5.42. The number of fused-ring (bicyclic) bond motifs is 2. The quantitative estimate of drug-likeness (QED) is 0.387. The Labute approximate surface area is 162 Å². The molecule has 0 unspecified atom stereocenters. The lowest BCUT2D eigenvalue weighted by Gasteiger charge is -2.02. The molecule has 0 bridgehead atoms. The molecule has 0 aliphatic heterocycles. The number of hydrogen-bond donors (Lipinski definition) is 0. The first kappa shape index (κ1) is 16.2. The number of benzene rings is 2. The normalized spacial score (nSPS) is 11.5. The Balaban J connectivity index is 1.69. The molecular formula is C20H12ClN3O2S. The number of aromatic nitrogens is 3. The highest BCUT2D eigenvalue weighted by Gasteiger charge is 2.16. The summed E-state index contributed by atoms with van der Waals surface area (Å²) in [5, 5.41) is 7.98. The molecule has 0 saturated heterocycles. The van der Waals surface area contributed by atoms with Crippen molar-refractivity contribution in [3.63, 3.8) is 0 Å². The number of aryl methyl sites for hydroxylation is 1. The van der Waals surface area contributed by atoms with Crippen LogP contribution in [-0.2, 0) is 0 Å². The highest BCUT2D eigenvalue weighted by molar-refractivity contribution is 7.15. The Morgan fingerprint density at radius 3 is 2.74 bits per heavy atom. The summed E-state index contributed by atoms with van der Waals surface area (Å²) in [5.41, 5.74) is 3.27. The summed E-state index contributed by atoms with van der Waals surface area (Å²) < 4.78 is 7.18. The van der Waals surface area contributed by atoms with Crippen LogP contribution in [0.3, 0.4) is 0 Å². The molecular weight excluding hydrogens is 382 g/mol. The van der Waals surface area contributed by atoms with Crippen LogP contribution in [0.25, 0.3) is 38.6 Å². The van der Waals surface area contributed by atoms with E-state index in [1.807, 2.05) is 48.7 Å². The molecule has 132 valence electrons. The van der Waals surface area contributed by atoms with Crippen molar-refractivity contribution >= 4 is 38.9 Å². The number of hydrogen-bond acceptors (Lipinski definition) is 5. The summed E-state index contributed by atoms with van der Waals surface area (Å²) in [7, 11) is 0. The molecule has 0 aliphatic rings. The van der Waals surface area contributed by atoms with E-state index >= 15 is 0 Å². The maximum atomic E-state index is 12.5. The molecule has 3 aromatic heterocycles. The van der Waals surface area contributed by atoms with Gasteiger partial charge < -0.3 is 4.42 Å². The standard InChI is InChI=1S/C20H12ClN3O2S/c1-11-2-7-17-13(8-11)9-15(19(25)26-17)16-10-27-20-22-18(23-24(16)20)12-3-5-14(21)6-4-12/h2-10H,1H3. The van der Waals surface area contributed by atoms with Crippen molar-refractivity contribution in [3.8, 4) is 22.6 Å². The second-order valence-electron chi connectivity index (χ2n) is 6.25. The van der Waals surface area contributed by atoms with Gasteiger partial charge in [0, 0.05) is 21.4 Å². The maximum Gasteiger partial charge on any atom is 0.345 e. The van der Waals surface area contributed by atoms with E-state index in [-0.39, 0.29) is 0 Å². The van der Waals surface area contributed by atoms with Crippen molar-refractivity contribution in [1.82, 2.24) is 14.6 Å². The molecule has 0 aliphatic carbocycles. The minimum atomic E-state index is -0.394. The number of nitrogens with zero attached hydrogens (tertiary/aromatic N) is 3. The van der Waals surface area contributed by atoms with Gasteiger partial charge in [-0.2, -0.15) is 4.98 Å². The number of thiazole rings is 1. The monoisotopic (exact) mass is 393 g/mol. The zero-order chi connectivity index (χ0) is 18.5. The van der Waals surface area contributed by atoms with Gasteiger partial charge in [0.1, 0.15) is 5.58 Å². The molecule has 5 rings (SSSR count). The molecule has 7 heteroatoms. The Morgan fingerprint density at radius 1 is 1.11 bits per heavy atom. The van der Waals surface area contributed by atoms with Crippen LogP contribution in [-0.4, -0.2) is 14.6 Å². The van der Waals surface area contributed by atoms with Crippen LogP contribution in [0.1, 0.15) is 5.56 Å². The SMILES string of the molecule is Cc1ccc2oc(=O)c(-c3csc4nc(-c5ccc(Cl)cc5)nn34)cc2c1. The van der Waals surface area contributed by atoms with Gasteiger partial charge in [-0.1, -0.05) is 23.2 Å². The van der Waals surface area contributed by atoms with Crippen LogP contribution in [0.5, 0.6) is 0 Å². The van der Waals surface area contributed by atoms with E-state index in [1.54, 1.807) is 16.6 Å². The van der Waals surface area contributed by atoms with Crippen LogP contribution >= 0.6 is 22.9 Å². The molecule has 0 fully saturated rings. The lowest BCUT2D eigenvalue weighted by molar-refractivity contribution is 0.563. The second-order valence-corrected chi connectivity index (χ2v) is 7.52. The third-order valence-electron chi connectivity index (χ3n) is 4.35. The van der Waals surface area contributed by atoms with Crippen molar-refractivity contribution in [1.29, 1.82) is 0 Å². The molecule has 0 N–H and O–H groups in total. The zero-order valence-electron chi connectivity index (χ0n) is 14.1. The van der Waals surface area contributed by atoms with E-state index in [4.69, 9.17) is 16.0 Å². The Morgan fingerprint density at radius 2 is 1.93 bits per heavy atom. The van der Waals surface area contributed by atoms with E-state index in [2.05, 4.69) is 10.1 Å². The lowest BCUT2D eigenvalue weighted by atomic mass is 10.1. The van der Waals surface area contributed by atoms with Crippen molar-refractivity contribution in [2.75, 3.05) is 0 Å². The fourth-order valence-corrected chi connectivity index (χ4v) is 3.96. The number of halogens is 1. The minimum absolute atomic E-state index is 0.394. The average molecular weight is 394 g/mol. The highest BCUT2D eigenvalue weighted by atomic mass is 35.5. The van der Waals surface area contributed by atoms with E-state index in [1.165, 1.54) is 11.3 Å². The molecule has 0 amide bonds. The minimum Gasteiger partial charge on any atom is -0.422 e. The van der Waals surface area contributed by atoms with Gasteiger partial charge >= 0.3 is 5.63 Å². The Bertz CT molecular complexity index is 1370. The van der Waals surface area contributed by atoms with Gasteiger partial charge in [0.05, 0.1) is 11.3 Å². The molecule has 0 radical (unpaired) electrons. The predicted octanol–water partition coefficient (Wildman–Crippen LogP) is 5.19. The Kier molecular flexibility index (Phi) is 3.63. The van der Waals surface area contributed by atoms with Gasteiger partial charge in [0.25, 0.3) is 0 Å². The summed E-state index contributed by atoms with van der Waals surface area (Å²) in [6.07, 6.45) is 0. The van der Waals surface area contributed by atoms with Crippen LogP contribution in [0.15, 0.2) is 63.1 Å². The molecule has 5 nitrogen and oxygen atoms in total. The average Bonchev–Trinajstić information content (AvgIpc) is 3.23. The Hall–Kier alpha value is -2.96. The fourth-order valence-electron chi connectivity index (χ4n) is 3.01. The molecule has 0 spiro atoms. The highest BCUT2D eigenvalue weighted by Crippen LogP contribution is 2.28. The van der Waals surface area contributed by atoms with Gasteiger partial charge in [-0.25, -0.2) is 9.31 Å². The van der Waals surface area contributed by atoms with Gasteiger partial charge in [0.15, 0.2) is 5.82 Å². The summed E-state index contributed by atoms with van der Waals surface area (Å²) >= 11 is 7.38. The zero-order valence-corrected chi connectivity index (χ0v) is 15.7. The van der Waals surface area contributed by atoms with Gasteiger partial charge in [0.2, 0.25) is 4.96 Å². The first-order valence-corrected chi connectivity index (χ1v) is 9.49. The van der Waals surface area contributed by atoms with Crippen LogP contribution < -0.4 is 5.63 Å². The maximum absolute atomic E-state index is 12.5. The van der Waals surface area contributed by atoms with E-state index in [9.17, 15) is 4.79 Å². The summed E-state index contributed by atoms with van der Waals surface area (Å²) in [4.78, 5) is 17.8. The summed E-state index contributed by atoms with van der Waals surface area (Å²) in [6, 6.07) is 14.9. The predicted molar refractivity (Wildman–Crippen MR) is 108 cm³/mol. The van der Waals surface area contributed by atoms with Crippen molar-refractivity contribution < 1.29 is 4.42 Å². The molecule has 27 heavy (non-hydrogen) atoms. The van der Waals surface area contributed by atoms with Gasteiger partial charge in [-0.15, -0.1) is 16.4 Å². The third kappa shape index (κ3) is 2.74. The number of rotatable bonds is 2. The van der Waals surface area contributed by atoms with Gasteiger partial charge in [-0.05, 0) is 49.4 Å². The second kappa shape index (κ2) is 6.04. The molecule has 2 aromatic carbocycles. The first-order chi connectivity index (χ1) is 13.1. The fraction of sp³-hybridized carbons (Fsp3) is 0.0500. The van der Waals surface area contributed by atoms with Crippen LogP contribution in [0.2, 0.25) is 5.02 Å². The molecule has 3 heterocycles. The van der Waals surface area contributed by atoms with E-state index < -0.39 is 5.63 Å². The van der Waals surface area contributed by atoms with Crippen LogP contribution in [0, 0.1) is 6.92 Å². The first-order valence-electron chi connectivity index (χ1n) is 8.23. The van der Waals surface area contributed by atoms with Crippen molar-refractivity contribution in [3.05, 3.63) is 74.9 Å². The summed E-state index contributed by atoms with van der Waals surface area (Å²) in [5.74, 6) is 0.584. The van der Waals surface area contributed by atoms with E-state index in [0.717, 1.165) is 16.5 Å². The lowest BCUT2D eigenvalue weighted by Crippen LogP contribution is -2.04. The largest absolute Gasteiger partial charge is 0.422 e.